The number of imidazole rings is 1. The fraction of sp³-hybridized carbons (Fsp3) is 0.200. The summed E-state index contributed by atoms with van der Waals surface area (Å²) in [5.74, 6) is 1.46. The van der Waals surface area contributed by atoms with Gasteiger partial charge in [0.25, 0.3) is 0 Å². The number of hydrogen-bond acceptors (Lipinski definition) is 2. The molecule has 0 aliphatic carbocycles. The van der Waals surface area contributed by atoms with E-state index in [0.717, 1.165) is 34.7 Å². The average molecular weight is 272 g/mol. The number of rotatable bonds is 3. The van der Waals surface area contributed by atoms with Gasteiger partial charge in [-0.2, -0.15) is 0 Å². The zero-order valence-electron chi connectivity index (χ0n) is 10.7. The summed E-state index contributed by atoms with van der Waals surface area (Å²) in [5, 5.41) is 0. The maximum Gasteiger partial charge on any atom is 0.160 e. The molecular weight excluding hydrogens is 258 g/mol. The number of halogens is 1. The van der Waals surface area contributed by atoms with Crippen LogP contribution in [0, 0.1) is 0 Å². The molecule has 0 saturated carbocycles. The second-order valence-corrected chi connectivity index (χ2v) is 4.63. The number of alkyl halides is 1. The van der Waals surface area contributed by atoms with Crippen molar-refractivity contribution >= 4 is 22.8 Å². The van der Waals surface area contributed by atoms with Crippen molar-refractivity contribution in [3.8, 4) is 11.4 Å². The van der Waals surface area contributed by atoms with E-state index in [4.69, 9.17) is 11.6 Å². The van der Waals surface area contributed by atoms with Crippen molar-refractivity contribution in [2.45, 2.75) is 19.3 Å². The molecule has 0 N–H and O–H groups in total. The molecule has 0 amide bonds. The van der Waals surface area contributed by atoms with Gasteiger partial charge in [-0.15, -0.1) is 11.6 Å². The lowest BCUT2D eigenvalue weighted by molar-refractivity contribution is 0.787. The molecule has 0 aliphatic rings. The summed E-state index contributed by atoms with van der Waals surface area (Å²) in [5.41, 5.74) is 4.03. The highest BCUT2D eigenvalue weighted by molar-refractivity contribution is 6.17. The van der Waals surface area contributed by atoms with Crippen LogP contribution in [0.1, 0.15) is 12.5 Å². The van der Waals surface area contributed by atoms with Crippen LogP contribution in [0.3, 0.4) is 0 Å². The molecule has 0 saturated heterocycles. The maximum absolute atomic E-state index is 5.90. The first-order valence-electron chi connectivity index (χ1n) is 6.30. The van der Waals surface area contributed by atoms with Gasteiger partial charge in [0.1, 0.15) is 11.3 Å². The molecule has 0 atom stereocenters. The summed E-state index contributed by atoms with van der Waals surface area (Å²) in [7, 11) is 0. The Labute approximate surface area is 116 Å². The SMILES string of the molecule is CCn1c(-c2cccc(CCl)c2)nc2cccnc21. The molecule has 96 valence electrons. The molecule has 0 bridgehead atoms. The molecule has 3 rings (SSSR count). The third-order valence-electron chi connectivity index (χ3n) is 3.16. The molecule has 3 aromatic rings. The highest BCUT2D eigenvalue weighted by Gasteiger charge is 2.12. The normalized spacial score (nSPS) is 11.1. The van der Waals surface area contributed by atoms with Crippen LogP contribution in [-0.2, 0) is 12.4 Å². The van der Waals surface area contributed by atoms with Crippen molar-refractivity contribution in [3.63, 3.8) is 0 Å². The zero-order valence-corrected chi connectivity index (χ0v) is 11.4. The lowest BCUT2D eigenvalue weighted by atomic mass is 10.1. The van der Waals surface area contributed by atoms with Crippen LogP contribution in [0.2, 0.25) is 0 Å². The van der Waals surface area contributed by atoms with Gasteiger partial charge in [-0.1, -0.05) is 18.2 Å². The quantitative estimate of drug-likeness (QED) is 0.677. The summed E-state index contributed by atoms with van der Waals surface area (Å²) in [4.78, 5) is 9.10. The molecular formula is C15H14ClN3. The minimum atomic E-state index is 0.512. The van der Waals surface area contributed by atoms with Crippen molar-refractivity contribution < 1.29 is 0 Å². The summed E-state index contributed by atoms with van der Waals surface area (Å²) < 4.78 is 2.13. The second-order valence-electron chi connectivity index (χ2n) is 4.36. The van der Waals surface area contributed by atoms with Gasteiger partial charge in [0.15, 0.2) is 5.65 Å². The van der Waals surface area contributed by atoms with Crippen molar-refractivity contribution in [2.75, 3.05) is 0 Å². The minimum Gasteiger partial charge on any atom is -0.309 e. The number of fused-ring (bicyclic) bond motifs is 1. The Hall–Kier alpha value is -1.87. The number of nitrogens with zero attached hydrogens (tertiary/aromatic N) is 3. The largest absolute Gasteiger partial charge is 0.309 e. The Balaban J connectivity index is 2.23. The summed E-state index contributed by atoms with van der Waals surface area (Å²) in [6.07, 6.45) is 1.80. The first-order chi connectivity index (χ1) is 9.33. The molecule has 0 fully saturated rings. The van der Waals surface area contributed by atoms with Gasteiger partial charge >= 0.3 is 0 Å². The van der Waals surface area contributed by atoms with E-state index in [0.29, 0.717) is 5.88 Å². The van der Waals surface area contributed by atoms with Crippen LogP contribution in [-0.4, -0.2) is 14.5 Å². The van der Waals surface area contributed by atoms with E-state index < -0.39 is 0 Å². The molecule has 0 radical (unpaired) electrons. The smallest absolute Gasteiger partial charge is 0.160 e. The highest BCUT2D eigenvalue weighted by atomic mass is 35.5. The van der Waals surface area contributed by atoms with E-state index in [1.165, 1.54) is 0 Å². The molecule has 2 aromatic heterocycles. The molecule has 19 heavy (non-hydrogen) atoms. The fourth-order valence-corrected chi connectivity index (χ4v) is 2.44. The van der Waals surface area contributed by atoms with Gasteiger partial charge in [0, 0.05) is 24.2 Å². The standard InChI is InChI=1S/C15H14ClN3/c1-2-19-14(12-6-3-5-11(9-12)10-16)18-13-7-4-8-17-15(13)19/h3-9H,2,10H2,1H3. The number of benzene rings is 1. The van der Waals surface area contributed by atoms with Gasteiger partial charge in [-0.25, -0.2) is 9.97 Å². The summed E-state index contributed by atoms with van der Waals surface area (Å²) in [6, 6.07) is 12.1. The predicted octanol–water partition coefficient (Wildman–Crippen LogP) is 3.86. The van der Waals surface area contributed by atoms with Crippen LogP contribution in [0.4, 0.5) is 0 Å². The Morgan fingerprint density at radius 2 is 2.11 bits per heavy atom. The van der Waals surface area contributed by atoms with E-state index >= 15 is 0 Å². The van der Waals surface area contributed by atoms with Crippen molar-refractivity contribution in [3.05, 3.63) is 48.2 Å². The first kappa shape index (κ1) is 12.2. The Kier molecular flexibility index (Phi) is 3.22. The third kappa shape index (κ3) is 2.10. The van der Waals surface area contributed by atoms with Gasteiger partial charge in [-0.3, -0.25) is 0 Å². The van der Waals surface area contributed by atoms with Crippen LogP contribution in [0.25, 0.3) is 22.6 Å². The molecule has 3 nitrogen and oxygen atoms in total. The lowest BCUT2D eigenvalue weighted by Crippen LogP contribution is -1.98. The number of hydrogen-bond donors (Lipinski definition) is 0. The van der Waals surface area contributed by atoms with Crippen molar-refractivity contribution in [1.82, 2.24) is 14.5 Å². The fourth-order valence-electron chi connectivity index (χ4n) is 2.27. The Morgan fingerprint density at radius 3 is 2.89 bits per heavy atom. The lowest BCUT2D eigenvalue weighted by Gasteiger charge is -2.06. The molecule has 1 aromatic carbocycles. The molecule has 2 heterocycles. The van der Waals surface area contributed by atoms with E-state index in [1.54, 1.807) is 6.20 Å². The number of pyridine rings is 1. The van der Waals surface area contributed by atoms with Gasteiger partial charge in [-0.05, 0) is 30.7 Å². The first-order valence-corrected chi connectivity index (χ1v) is 6.83. The maximum atomic E-state index is 5.90. The van der Waals surface area contributed by atoms with Gasteiger partial charge in [0.2, 0.25) is 0 Å². The van der Waals surface area contributed by atoms with Crippen LogP contribution in [0.5, 0.6) is 0 Å². The Morgan fingerprint density at radius 1 is 1.21 bits per heavy atom. The zero-order chi connectivity index (χ0) is 13.2. The van der Waals surface area contributed by atoms with E-state index in [2.05, 4.69) is 33.6 Å². The monoisotopic (exact) mass is 271 g/mol. The second kappa shape index (κ2) is 5.02. The topological polar surface area (TPSA) is 30.7 Å². The predicted molar refractivity (Wildman–Crippen MR) is 78.2 cm³/mol. The summed E-state index contributed by atoms with van der Waals surface area (Å²) in [6.45, 7) is 2.94. The molecule has 0 unspecified atom stereocenters. The number of aromatic nitrogens is 3. The molecule has 4 heteroatoms. The molecule has 0 aliphatic heterocycles. The van der Waals surface area contributed by atoms with E-state index in [-0.39, 0.29) is 0 Å². The van der Waals surface area contributed by atoms with Crippen molar-refractivity contribution in [2.24, 2.45) is 0 Å². The van der Waals surface area contributed by atoms with Gasteiger partial charge < -0.3 is 4.57 Å². The average Bonchev–Trinajstić information content (AvgIpc) is 2.86. The summed E-state index contributed by atoms with van der Waals surface area (Å²) >= 11 is 5.90. The highest BCUT2D eigenvalue weighted by Crippen LogP contribution is 2.24. The van der Waals surface area contributed by atoms with Gasteiger partial charge in [0.05, 0.1) is 0 Å². The Bertz CT molecular complexity index is 718. The van der Waals surface area contributed by atoms with E-state index in [9.17, 15) is 0 Å². The minimum absolute atomic E-state index is 0.512. The van der Waals surface area contributed by atoms with Crippen LogP contribution in [0.15, 0.2) is 42.6 Å². The van der Waals surface area contributed by atoms with Crippen LogP contribution < -0.4 is 0 Å². The van der Waals surface area contributed by atoms with Crippen LogP contribution >= 0.6 is 11.6 Å². The third-order valence-corrected chi connectivity index (χ3v) is 3.47. The molecule has 0 spiro atoms. The van der Waals surface area contributed by atoms with E-state index in [1.807, 2.05) is 24.3 Å². The van der Waals surface area contributed by atoms with Crippen molar-refractivity contribution in [1.29, 1.82) is 0 Å². The number of aryl methyl sites for hydroxylation is 1.